The Labute approximate surface area is 242 Å². The quantitative estimate of drug-likeness (QED) is 0.356. The minimum atomic E-state index is -4.67. The average Bonchev–Trinajstić information content (AvgIpc) is 3.53. The molecule has 2 aliphatic carbocycles. The lowest BCUT2D eigenvalue weighted by atomic mass is 9.81. The summed E-state index contributed by atoms with van der Waals surface area (Å²) in [5, 5.41) is 16.2. The van der Waals surface area contributed by atoms with E-state index in [1.807, 2.05) is 0 Å². The molecule has 0 radical (unpaired) electrons. The lowest BCUT2D eigenvalue weighted by molar-refractivity contribution is -0.0510. The molecule has 6 rings (SSSR count). The predicted octanol–water partition coefficient (Wildman–Crippen LogP) is 3.63. The van der Waals surface area contributed by atoms with Crippen molar-refractivity contribution in [2.45, 2.75) is 68.4 Å². The van der Waals surface area contributed by atoms with Crippen molar-refractivity contribution in [1.82, 2.24) is 40.4 Å². The molecule has 0 aromatic carbocycles. The molecule has 4 heterocycles. The molecule has 3 aliphatic rings. The Bertz CT molecular complexity index is 1640. The van der Waals surface area contributed by atoms with E-state index in [9.17, 15) is 27.2 Å². The van der Waals surface area contributed by atoms with Gasteiger partial charge in [0, 0.05) is 31.4 Å². The third-order valence-corrected chi connectivity index (χ3v) is 7.72. The van der Waals surface area contributed by atoms with Crippen LogP contribution < -0.4 is 10.6 Å². The molecule has 3 aromatic rings. The number of methoxy groups -OCH3 is 1. The smallest absolute Gasteiger partial charge is 0.318 e. The van der Waals surface area contributed by atoms with Gasteiger partial charge in [-0.2, -0.15) is 5.10 Å². The van der Waals surface area contributed by atoms with E-state index in [0.29, 0.717) is 5.69 Å². The summed E-state index contributed by atoms with van der Waals surface area (Å²) in [7, 11) is 1.21. The Morgan fingerprint density at radius 3 is 2.71 bits per heavy atom. The fourth-order valence-electron chi connectivity index (χ4n) is 5.38. The van der Waals surface area contributed by atoms with Crippen molar-refractivity contribution in [3.05, 3.63) is 41.1 Å². The monoisotopic (exact) mass is 598 g/mol. The van der Waals surface area contributed by atoms with Gasteiger partial charge in [-0.15, -0.1) is 0 Å². The highest BCUT2D eigenvalue weighted by Crippen LogP contribution is 2.43. The van der Waals surface area contributed by atoms with Crippen LogP contribution in [0.4, 0.5) is 22.4 Å². The van der Waals surface area contributed by atoms with Gasteiger partial charge in [-0.25, -0.2) is 36.5 Å². The van der Waals surface area contributed by atoms with E-state index in [1.165, 1.54) is 35.4 Å². The fraction of sp³-hybridized carbons (Fsp3) is 0.615. The summed E-state index contributed by atoms with van der Waals surface area (Å²) in [4.78, 5) is 30.9. The van der Waals surface area contributed by atoms with Crippen molar-refractivity contribution in [2.24, 2.45) is 5.92 Å². The zero-order valence-electron chi connectivity index (χ0n) is 26.3. The standard InChI is InChI=1S/C26H30F4N8O4/c1-41-11-18(37-13-26(29,30)12-31-24(37)40)16-8-19-33-17(10-38(19)32-9-16)20(15-4-6-25(27,28)7-5-15)34-23(39)22-21(14-2-3-14)35-42-36-22/h8-10,14-15,18,20H,2-7,11-13H2,1H3,(H,31,40)(H,34,39)/t18-,20+/m1/s1/i12D2,13D2. The van der Waals surface area contributed by atoms with Crippen LogP contribution in [0.5, 0.6) is 0 Å². The van der Waals surface area contributed by atoms with E-state index in [0.717, 1.165) is 12.8 Å². The number of halogens is 4. The normalized spacial score (nSPS) is 25.9. The second-order valence-electron chi connectivity index (χ2n) is 10.8. The summed E-state index contributed by atoms with van der Waals surface area (Å²) in [6.45, 7) is -7.93. The first-order valence-corrected chi connectivity index (χ1v) is 13.4. The number of nitrogens with one attached hydrogen (secondary N) is 2. The second kappa shape index (κ2) is 10.8. The zero-order valence-corrected chi connectivity index (χ0v) is 22.3. The maximum Gasteiger partial charge on any atom is 0.318 e. The number of imidazole rings is 1. The number of nitrogens with zero attached hydrogens (tertiary/aromatic N) is 6. The van der Waals surface area contributed by atoms with E-state index >= 15 is 0 Å². The number of carbonyl (C=O) groups excluding carboxylic acids is 2. The molecule has 3 amide bonds. The molecule has 12 nitrogen and oxygen atoms in total. The van der Waals surface area contributed by atoms with Gasteiger partial charge in [0.05, 0.1) is 55.3 Å². The van der Waals surface area contributed by atoms with Crippen LogP contribution in [-0.4, -0.2) is 80.3 Å². The summed E-state index contributed by atoms with van der Waals surface area (Å²) in [6, 6.07) is -2.45. The number of amides is 3. The Morgan fingerprint density at radius 1 is 1.24 bits per heavy atom. The summed E-state index contributed by atoms with van der Waals surface area (Å²) in [5.74, 6) is -8.52. The Hall–Kier alpha value is -3.82. The zero-order chi connectivity index (χ0) is 33.2. The third kappa shape index (κ3) is 5.76. The average molecular weight is 599 g/mol. The van der Waals surface area contributed by atoms with Crippen molar-refractivity contribution < 1.29 is 42.0 Å². The minimum Gasteiger partial charge on any atom is -0.382 e. The van der Waals surface area contributed by atoms with Gasteiger partial charge in [0.1, 0.15) is 5.69 Å². The summed E-state index contributed by atoms with van der Waals surface area (Å²) in [5.41, 5.74) is 0.805. The van der Waals surface area contributed by atoms with Crippen LogP contribution in [0.1, 0.15) is 89.4 Å². The van der Waals surface area contributed by atoms with Crippen LogP contribution in [-0.2, 0) is 4.74 Å². The van der Waals surface area contributed by atoms with Crippen molar-refractivity contribution >= 4 is 17.6 Å². The van der Waals surface area contributed by atoms with E-state index in [4.69, 9.17) is 14.8 Å². The van der Waals surface area contributed by atoms with Crippen molar-refractivity contribution in [3.8, 4) is 0 Å². The number of hydrogen-bond donors (Lipinski definition) is 2. The highest BCUT2D eigenvalue weighted by atomic mass is 19.3. The van der Waals surface area contributed by atoms with E-state index < -0.39 is 61.4 Å². The second-order valence-corrected chi connectivity index (χ2v) is 10.8. The number of alkyl halides is 4. The molecule has 2 N–H and O–H groups in total. The SMILES string of the molecule is [2H]C1([2H])NC(=O)N([C@H](COC)c2cnn3cc([C@@H](NC(=O)c4nonc4C4CC4)C4CCC(F)(F)CC4)nc3c2)C([2H])([2H])C1(F)F. The van der Waals surface area contributed by atoms with Crippen molar-refractivity contribution in [3.63, 3.8) is 0 Å². The molecule has 2 saturated carbocycles. The van der Waals surface area contributed by atoms with Crippen LogP contribution in [0, 0.1) is 5.92 Å². The van der Waals surface area contributed by atoms with Crippen molar-refractivity contribution in [2.75, 3.05) is 26.7 Å². The number of ether oxygens (including phenoxy) is 1. The molecular weight excluding hydrogens is 564 g/mol. The summed E-state index contributed by atoms with van der Waals surface area (Å²) in [6.07, 6.45) is 3.68. The van der Waals surface area contributed by atoms with Crippen LogP contribution >= 0.6 is 0 Å². The first-order valence-electron chi connectivity index (χ1n) is 15.4. The van der Waals surface area contributed by atoms with Crippen LogP contribution in [0.25, 0.3) is 5.65 Å². The Kier molecular flexibility index (Phi) is 6.09. The summed E-state index contributed by atoms with van der Waals surface area (Å²) < 4.78 is 101. The van der Waals surface area contributed by atoms with Crippen LogP contribution in [0.2, 0.25) is 0 Å². The molecule has 0 spiro atoms. The number of urea groups is 1. The number of carbonyl (C=O) groups is 2. The first kappa shape index (κ1) is 23.7. The Morgan fingerprint density at radius 2 is 2.00 bits per heavy atom. The molecule has 1 saturated heterocycles. The lowest BCUT2D eigenvalue weighted by Crippen LogP contribution is -2.58. The molecule has 1 aliphatic heterocycles. The third-order valence-electron chi connectivity index (χ3n) is 7.72. The molecule has 42 heavy (non-hydrogen) atoms. The van der Waals surface area contributed by atoms with Crippen LogP contribution in [0.3, 0.4) is 0 Å². The Balaban J connectivity index is 1.34. The molecular formula is C26H30F4N8O4. The maximum absolute atomic E-state index is 15.0. The fourth-order valence-corrected chi connectivity index (χ4v) is 5.38. The largest absolute Gasteiger partial charge is 0.382 e. The molecule has 226 valence electrons. The van der Waals surface area contributed by atoms with E-state index in [1.54, 1.807) is 0 Å². The van der Waals surface area contributed by atoms with Gasteiger partial charge in [0.25, 0.3) is 11.8 Å². The number of fused-ring (bicyclic) bond motifs is 1. The van der Waals surface area contributed by atoms with Gasteiger partial charge in [0.15, 0.2) is 11.3 Å². The topological polar surface area (TPSA) is 140 Å². The van der Waals surface area contributed by atoms with E-state index in [2.05, 4.69) is 25.7 Å². The highest BCUT2D eigenvalue weighted by Gasteiger charge is 2.43. The highest BCUT2D eigenvalue weighted by molar-refractivity contribution is 5.93. The number of hydrogen-bond acceptors (Lipinski definition) is 8. The molecule has 2 atom stereocenters. The van der Waals surface area contributed by atoms with Crippen molar-refractivity contribution in [1.29, 1.82) is 0 Å². The van der Waals surface area contributed by atoms with E-state index in [-0.39, 0.29) is 59.1 Å². The molecule has 16 heteroatoms. The van der Waals surface area contributed by atoms with Crippen LogP contribution in [0.15, 0.2) is 23.1 Å². The number of rotatable bonds is 9. The summed E-state index contributed by atoms with van der Waals surface area (Å²) >= 11 is 0. The van der Waals surface area contributed by atoms with Gasteiger partial charge < -0.3 is 20.3 Å². The lowest BCUT2D eigenvalue weighted by Gasteiger charge is -2.38. The predicted molar refractivity (Wildman–Crippen MR) is 136 cm³/mol. The molecule has 0 unspecified atom stereocenters. The molecule has 0 bridgehead atoms. The van der Waals surface area contributed by atoms with Gasteiger partial charge in [-0.3, -0.25) is 4.79 Å². The maximum atomic E-state index is 15.0. The minimum absolute atomic E-state index is 0.00418. The van der Waals surface area contributed by atoms with Gasteiger partial charge in [-0.1, -0.05) is 5.16 Å². The van der Waals surface area contributed by atoms with Gasteiger partial charge >= 0.3 is 6.03 Å². The first-order chi connectivity index (χ1) is 21.6. The number of aromatic nitrogens is 5. The molecule has 3 aromatic heterocycles. The van der Waals surface area contributed by atoms with Gasteiger partial charge in [0.2, 0.25) is 5.92 Å². The molecule has 3 fully saturated rings. The van der Waals surface area contributed by atoms with Gasteiger partial charge in [-0.05, 0) is 42.8 Å².